The van der Waals surface area contributed by atoms with Crippen LogP contribution in [0.5, 0.6) is 0 Å². The van der Waals surface area contributed by atoms with Crippen LogP contribution < -0.4 is 0 Å². The van der Waals surface area contributed by atoms with Gasteiger partial charge in [0.15, 0.2) is 0 Å². The maximum atomic E-state index is 11.1. The Morgan fingerprint density at radius 1 is 1.50 bits per heavy atom. The fourth-order valence-electron chi connectivity index (χ4n) is 2.57. The second kappa shape index (κ2) is 7.76. The number of esters is 1. The van der Waals surface area contributed by atoms with E-state index < -0.39 is 0 Å². The second-order valence-corrected chi connectivity index (χ2v) is 6.06. The van der Waals surface area contributed by atoms with Crippen LogP contribution in [-0.4, -0.2) is 43.7 Å². The third kappa shape index (κ3) is 4.58. The van der Waals surface area contributed by atoms with Crippen molar-refractivity contribution in [3.8, 4) is 0 Å². The molecule has 0 amide bonds. The standard InChI is InChI=1S/C15H23NO3S/c1-12-9-16(7-4-3-5-15(17)18-2)10-14(19-12)13-6-8-20-11-13/h6,8,11-12,14H,3-5,7,9-10H2,1-2H3/t12-,14+/m1/s1. The molecule has 0 aliphatic carbocycles. The van der Waals surface area contributed by atoms with E-state index in [2.05, 4.69) is 33.4 Å². The monoisotopic (exact) mass is 297 g/mol. The lowest BCUT2D eigenvalue weighted by atomic mass is 10.1. The van der Waals surface area contributed by atoms with Gasteiger partial charge in [-0.3, -0.25) is 9.69 Å². The molecule has 1 aromatic heterocycles. The molecule has 0 spiro atoms. The van der Waals surface area contributed by atoms with Crippen molar-refractivity contribution < 1.29 is 14.3 Å². The zero-order chi connectivity index (χ0) is 14.4. The molecule has 1 saturated heterocycles. The molecule has 1 aliphatic heterocycles. The molecule has 0 unspecified atom stereocenters. The lowest BCUT2D eigenvalue weighted by Crippen LogP contribution is -2.43. The Balaban J connectivity index is 1.75. The van der Waals surface area contributed by atoms with Crippen molar-refractivity contribution >= 4 is 17.3 Å². The smallest absolute Gasteiger partial charge is 0.305 e. The summed E-state index contributed by atoms with van der Waals surface area (Å²) in [6.45, 7) is 5.06. The van der Waals surface area contributed by atoms with Gasteiger partial charge in [0.1, 0.15) is 0 Å². The lowest BCUT2D eigenvalue weighted by Gasteiger charge is -2.36. The topological polar surface area (TPSA) is 38.8 Å². The summed E-state index contributed by atoms with van der Waals surface area (Å²) in [5, 5.41) is 4.26. The van der Waals surface area contributed by atoms with Crippen molar-refractivity contribution in [1.29, 1.82) is 0 Å². The van der Waals surface area contributed by atoms with E-state index in [1.165, 1.54) is 12.7 Å². The van der Waals surface area contributed by atoms with E-state index in [9.17, 15) is 4.79 Å². The molecule has 5 heteroatoms. The molecule has 2 atom stereocenters. The van der Waals surface area contributed by atoms with Gasteiger partial charge in [0.25, 0.3) is 0 Å². The maximum absolute atomic E-state index is 11.1. The summed E-state index contributed by atoms with van der Waals surface area (Å²) in [6, 6.07) is 2.14. The van der Waals surface area contributed by atoms with Crippen LogP contribution in [0.2, 0.25) is 0 Å². The van der Waals surface area contributed by atoms with E-state index >= 15 is 0 Å². The third-order valence-electron chi connectivity index (χ3n) is 3.58. The first kappa shape index (κ1) is 15.5. The summed E-state index contributed by atoms with van der Waals surface area (Å²) in [4.78, 5) is 13.5. The average Bonchev–Trinajstić information content (AvgIpc) is 2.97. The van der Waals surface area contributed by atoms with E-state index in [-0.39, 0.29) is 18.2 Å². The molecule has 2 rings (SSSR count). The van der Waals surface area contributed by atoms with Crippen LogP contribution in [0.15, 0.2) is 16.8 Å². The predicted octanol–water partition coefficient (Wildman–Crippen LogP) is 2.85. The van der Waals surface area contributed by atoms with Gasteiger partial charge in [0.05, 0.1) is 19.3 Å². The Morgan fingerprint density at radius 3 is 3.05 bits per heavy atom. The number of rotatable bonds is 6. The molecule has 0 N–H and O–H groups in total. The number of hydrogen-bond donors (Lipinski definition) is 0. The van der Waals surface area contributed by atoms with Gasteiger partial charge in [-0.05, 0) is 48.7 Å². The van der Waals surface area contributed by atoms with Gasteiger partial charge in [-0.1, -0.05) is 0 Å². The molecule has 20 heavy (non-hydrogen) atoms. The molecule has 1 fully saturated rings. The fourth-order valence-corrected chi connectivity index (χ4v) is 3.27. The van der Waals surface area contributed by atoms with Crippen molar-refractivity contribution in [2.24, 2.45) is 0 Å². The van der Waals surface area contributed by atoms with Gasteiger partial charge in [-0.25, -0.2) is 0 Å². The highest BCUT2D eigenvalue weighted by atomic mass is 32.1. The number of morpholine rings is 1. The summed E-state index contributed by atoms with van der Waals surface area (Å²) in [7, 11) is 1.44. The Bertz CT molecular complexity index is 407. The first-order valence-electron chi connectivity index (χ1n) is 7.15. The number of carbonyl (C=O) groups excluding carboxylic acids is 1. The van der Waals surface area contributed by atoms with Gasteiger partial charge < -0.3 is 9.47 Å². The number of carbonyl (C=O) groups is 1. The highest BCUT2D eigenvalue weighted by molar-refractivity contribution is 7.07. The Morgan fingerprint density at radius 2 is 2.35 bits per heavy atom. The zero-order valence-electron chi connectivity index (χ0n) is 12.2. The number of thiophene rings is 1. The molecule has 0 aromatic carbocycles. The quantitative estimate of drug-likeness (QED) is 0.598. The van der Waals surface area contributed by atoms with E-state index in [0.717, 1.165) is 32.5 Å². The molecule has 0 radical (unpaired) electrons. The first-order valence-corrected chi connectivity index (χ1v) is 8.10. The van der Waals surface area contributed by atoms with E-state index in [1.54, 1.807) is 11.3 Å². The third-order valence-corrected chi connectivity index (χ3v) is 4.29. The van der Waals surface area contributed by atoms with Crippen LogP contribution in [0, 0.1) is 0 Å². The van der Waals surface area contributed by atoms with E-state index in [0.29, 0.717) is 6.42 Å². The molecule has 2 heterocycles. The molecule has 112 valence electrons. The van der Waals surface area contributed by atoms with Crippen LogP contribution in [0.25, 0.3) is 0 Å². The predicted molar refractivity (Wildman–Crippen MR) is 79.9 cm³/mol. The second-order valence-electron chi connectivity index (χ2n) is 5.28. The first-order chi connectivity index (χ1) is 9.69. The van der Waals surface area contributed by atoms with Crippen LogP contribution in [-0.2, 0) is 14.3 Å². The molecular weight excluding hydrogens is 274 g/mol. The average molecular weight is 297 g/mol. The lowest BCUT2D eigenvalue weighted by molar-refractivity contribution is -0.140. The number of methoxy groups -OCH3 is 1. The van der Waals surface area contributed by atoms with E-state index in [1.807, 2.05) is 0 Å². The number of ether oxygens (including phenoxy) is 2. The molecule has 0 bridgehead atoms. The van der Waals surface area contributed by atoms with Gasteiger partial charge in [0, 0.05) is 19.5 Å². The SMILES string of the molecule is COC(=O)CCCCN1C[C@@H](C)O[C@H](c2ccsc2)C1. The van der Waals surface area contributed by atoms with Crippen molar-refractivity contribution in [3.05, 3.63) is 22.4 Å². The van der Waals surface area contributed by atoms with Crippen LogP contribution in [0.4, 0.5) is 0 Å². The Labute approximate surface area is 124 Å². The van der Waals surface area contributed by atoms with Crippen molar-refractivity contribution in [3.63, 3.8) is 0 Å². The summed E-state index contributed by atoms with van der Waals surface area (Å²) >= 11 is 1.71. The fraction of sp³-hybridized carbons (Fsp3) is 0.667. The van der Waals surface area contributed by atoms with Gasteiger partial charge in [0.2, 0.25) is 0 Å². The molecule has 0 saturated carbocycles. The summed E-state index contributed by atoms with van der Waals surface area (Å²) in [5.74, 6) is -0.114. The molecule has 1 aliphatic rings. The molecule has 4 nitrogen and oxygen atoms in total. The Kier molecular flexibility index (Phi) is 6.01. The number of unbranched alkanes of at least 4 members (excludes halogenated alkanes) is 1. The van der Waals surface area contributed by atoms with Crippen LogP contribution in [0.1, 0.15) is 37.9 Å². The van der Waals surface area contributed by atoms with Crippen LogP contribution >= 0.6 is 11.3 Å². The highest BCUT2D eigenvalue weighted by Gasteiger charge is 2.26. The summed E-state index contributed by atoms with van der Waals surface area (Å²) < 4.78 is 10.7. The minimum atomic E-state index is -0.114. The van der Waals surface area contributed by atoms with Crippen molar-refractivity contribution in [1.82, 2.24) is 4.90 Å². The highest BCUT2D eigenvalue weighted by Crippen LogP contribution is 2.26. The normalized spacial score (nSPS) is 23.7. The van der Waals surface area contributed by atoms with Crippen molar-refractivity contribution in [2.45, 2.75) is 38.4 Å². The largest absolute Gasteiger partial charge is 0.469 e. The minimum absolute atomic E-state index is 0.114. The molecular formula is C15H23NO3S. The molecule has 1 aromatic rings. The number of hydrogen-bond acceptors (Lipinski definition) is 5. The van der Waals surface area contributed by atoms with Crippen molar-refractivity contribution in [2.75, 3.05) is 26.7 Å². The minimum Gasteiger partial charge on any atom is -0.469 e. The Hall–Kier alpha value is -0.910. The van der Waals surface area contributed by atoms with Gasteiger partial charge in [-0.15, -0.1) is 0 Å². The van der Waals surface area contributed by atoms with E-state index in [4.69, 9.17) is 4.74 Å². The number of nitrogens with zero attached hydrogens (tertiary/aromatic N) is 1. The summed E-state index contributed by atoms with van der Waals surface area (Å²) in [5.41, 5.74) is 1.28. The summed E-state index contributed by atoms with van der Waals surface area (Å²) in [6.07, 6.45) is 2.88. The van der Waals surface area contributed by atoms with Gasteiger partial charge >= 0.3 is 5.97 Å². The van der Waals surface area contributed by atoms with Crippen LogP contribution in [0.3, 0.4) is 0 Å². The van der Waals surface area contributed by atoms with Gasteiger partial charge in [-0.2, -0.15) is 11.3 Å². The zero-order valence-corrected chi connectivity index (χ0v) is 13.0. The maximum Gasteiger partial charge on any atom is 0.305 e.